The summed E-state index contributed by atoms with van der Waals surface area (Å²) >= 11 is 0. The molecule has 0 heterocycles. The fraction of sp³-hybridized carbons (Fsp3) is 0.875. The Labute approximate surface area is 76.1 Å². The van der Waals surface area contributed by atoms with Crippen molar-refractivity contribution < 1.29 is 13.6 Å². The van der Waals surface area contributed by atoms with Crippen molar-refractivity contribution in [2.45, 2.75) is 31.7 Å². The van der Waals surface area contributed by atoms with Gasteiger partial charge in [0, 0.05) is 32.5 Å². The van der Waals surface area contributed by atoms with Crippen LogP contribution in [0, 0.1) is 0 Å². The molecule has 13 heavy (non-hydrogen) atoms. The molecule has 0 aromatic carbocycles. The number of urea groups is 1. The summed E-state index contributed by atoms with van der Waals surface area (Å²) in [4.78, 5) is 12.6. The van der Waals surface area contributed by atoms with Gasteiger partial charge in [-0.25, -0.2) is 13.6 Å². The summed E-state index contributed by atoms with van der Waals surface area (Å²) in [7, 11) is 1.63. The second-order valence-corrected chi connectivity index (χ2v) is 3.42. The lowest BCUT2D eigenvalue weighted by Crippen LogP contribution is -2.53. The normalized spacial score (nSPS) is 20.6. The topological polar surface area (TPSA) is 32.3 Å². The maximum atomic E-state index is 12.4. The van der Waals surface area contributed by atoms with E-state index in [-0.39, 0.29) is 24.9 Å². The number of carbonyl (C=O) groups is 1. The van der Waals surface area contributed by atoms with Crippen LogP contribution in [0.1, 0.15) is 19.8 Å². The zero-order valence-electron chi connectivity index (χ0n) is 7.81. The van der Waals surface area contributed by atoms with Gasteiger partial charge in [0.2, 0.25) is 0 Å². The van der Waals surface area contributed by atoms with E-state index in [0.717, 1.165) is 0 Å². The van der Waals surface area contributed by atoms with Gasteiger partial charge in [0.15, 0.2) is 0 Å². The minimum absolute atomic E-state index is 0.226. The number of alkyl halides is 2. The number of nitrogens with one attached hydrogen (secondary N) is 1. The molecule has 1 aliphatic rings. The number of rotatable bonds is 2. The van der Waals surface area contributed by atoms with Crippen LogP contribution in [0.15, 0.2) is 0 Å². The molecule has 0 radical (unpaired) electrons. The molecular weight excluding hydrogens is 178 g/mol. The fourth-order valence-electron chi connectivity index (χ4n) is 1.19. The number of amides is 2. The van der Waals surface area contributed by atoms with Crippen LogP contribution in [0.5, 0.6) is 0 Å². The molecule has 3 nitrogen and oxygen atoms in total. The molecule has 2 amide bonds. The third-order valence-electron chi connectivity index (χ3n) is 2.24. The van der Waals surface area contributed by atoms with Crippen molar-refractivity contribution in [2.24, 2.45) is 0 Å². The SMILES string of the molecule is CCN(C)C(=O)NC1CC(F)(F)C1. The van der Waals surface area contributed by atoms with Gasteiger partial charge in [0.25, 0.3) is 5.92 Å². The number of hydrogen-bond donors (Lipinski definition) is 1. The Morgan fingerprint density at radius 3 is 2.54 bits per heavy atom. The standard InChI is InChI=1S/C8H14F2N2O/c1-3-12(2)7(13)11-6-4-8(9,10)5-6/h6H,3-5H2,1-2H3,(H,11,13). The van der Waals surface area contributed by atoms with Crippen molar-refractivity contribution in [2.75, 3.05) is 13.6 Å². The minimum Gasteiger partial charge on any atom is -0.335 e. The second-order valence-electron chi connectivity index (χ2n) is 3.42. The second kappa shape index (κ2) is 3.47. The van der Waals surface area contributed by atoms with E-state index in [1.807, 2.05) is 6.92 Å². The molecule has 5 heteroatoms. The van der Waals surface area contributed by atoms with Gasteiger partial charge in [-0.3, -0.25) is 0 Å². The smallest absolute Gasteiger partial charge is 0.317 e. The first-order valence-corrected chi connectivity index (χ1v) is 4.34. The van der Waals surface area contributed by atoms with E-state index < -0.39 is 5.92 Å². The summed E-state index contributed by atoms with van der Waals surface area (Å²) in [6.07, 6.45) is -0.452. The first kappa shape index (κ1) is 10.2. The highest BCUT2D eigenvalue weighted by atomic mass is 19.3. The van der Waals surface area contributed by atoms with E-state index in [1.54, 1.807) is 7.05 Å². The third kappa shape index (κ3) is 2.54. The Hall–Kier alpha value is -0.870. The van der Waals surface area contributed by atoms with Gasteiger partial charge in [0.05, 0.1) is 0 Å². The lowest BCUT2D eigenvalue weighted by molar-refractivity contribution is -0.0901. The Morgan fingerprint density at radius 1 is 1.62 bits per heavy atom. The quantitative estimate of drug-likeness (QED) is 0.705. The van der Waals surface area contributed by atoms with Gasteiger partial charge in [0.1, 0.15) is 0 Å². The summed E-state index contributed by atoms with van der Waals surface area (Å²) in [6, 6.07) is -0.625. The Bertz CT molecular complexity index is 200. The minimum atomic E-state index is -2.57. The lowest BCUT2D eigenvalue weighted by Gasteiger charge is -2.36. The molecule has 0 aliphatic heterocycles. The summed E-state index contributed by atoms with van der Waals surface area (Å²) in [6.45, 7) is 2.41. The molecule has 1 aliphatic carbocycles. The van der Waals surface area contributed by atoms with Crippen molar-refractivity contribution in [3.63, 3.8) is 0 Å². The number of halogens is 2. The van der Waals surface area contributed by atoms with Crippen LogP contribution in [0.25, 0.3) is 0 Å². The number of carbonyl (C=O) groups excluding carboxylic acids is 1. The summed E-state index contributed by atoms with van der Waals surface area (Å²) in [5.74, 6) is -2.57. The molecule has 0 aromatic heterocycles. The van der Waals surface area contributed by atoms with Crippen molar-refractivity contribution >= 4 is 6.03 Å². The Morgan fingerprint density at radius 2 is 2.15 bits per heavy atom. The van der Waals surface area contributed by atoms with Crippen molar-refractivity contribution in [1.82, 2.24) is 10.2 Å². The molecule has 0 atom stereocenters. The fourth-order valence-corrected chi connectivity index (χ4v) is 1.19. The highest BCUT2D eigenvalue weighted by Gasteiger charge is 2.46. The molecule has 1 N–H and O–H groups in total. The average Bonchev–Trinajstić information content (AvgIpc) is 1.99. The van der Waals surface area contributed by atoms with E-state index in [1.165, 1.54) is 4.90 Å². The van der Waals surface area contributed by atoms with E-state index >= 15 is 0 Å². The van der Waals surface area contributed by atoms with Crippen molar-refractivity contribution in [1.29, 1.82) is 0 Å². The lowest BCUT2D eigenvalue weighted by atomic mass is 9.88. The van der Waals surface area contributed by atoms with Crippen LogP contribution in [0.4, 0.5) is 13.6 Å². The van der Waals surface area contributed by atoms with E-state index in [4.69, 9.17) is 0 Å². The predicted molar refractivity (Wildman–Crippen MR) is 44.8 cm³/mol. The summed E-state index contributed by atoms with van der Waals surface area (Å²) in [5.41, 5.74) is 0. The van der Waals surface area contributed by atoms with Crippen LogP contribution >= 0.6 is 0 Å². The molecule has 1 saturated carbocycles. The monoisotopic (exact) mass is 192 g/mol. The zero-order chi connectivity index (χ0) is 10.1. The molecule has 0 spiro atoms. The van der Waals surface area contributed by atoms with Crippen LogP contribution in [0.3, 0.4) is 0 Å². The van der Waals surface area contributed by atoms with Crippen LogP contribution < -0.4 is 5.32 Å². The first-order valence-electron chi connectivity index (χ1n) is 4.34. The molecule has 0 aromatic rings. The zero-order valence-corrected chi connectivity index (χ0v) is 7.81. The van der Waals surface area contributed by atoms with Gasteiger partial charge in [-0.05, 0) is 6.92 Å². The highest BCUT2D eigenvalue weighted by Crippen LogP contribution is 2.37. The average molecular weight is 192 g/mol. The number of hydrogen-bond acceptors (Lipinski definition) is 1. The van der Waals surface area contributed by atoms with Crippen LogP contribution in [-0.4, -0.2) is 36.5 Å². The molecule has 0 unspecified atom stereocenters. The van der Waals surface area contributed by atoms with Crippen molar-refractivity contribution in [3.8, 4) is 0 Å². The summed E-state index contributed by atoms with van der Waals surface area (Å²) in [5, 5.41) is 2.53. The molecule has 1 rings (SSSR count). The van der Waals surface area contributed by atoms with Crippen LogP contribution in [-0.2, 0) is 0 Å². The maximum Gasteiger partial charge on any atom is 0.317 e. The first-order chi connectivity index (χ1) is 5.94. The predicted octanol–water partition coefficient (Wildman–Crippen LogP) is 1.45. The van der Waals surface area contributed by atoms with Gasteiger partial charge in [-0.15, -0.1) is 0 Å². The largest absolute Gasteiger partial charge is 0.335 e. The Balaban J connectivity index is 2.24. The number of nitrogens with zero attached hydrogens (tertiary/aromatic N) is 1. The Kier molecular flexibility index (Phi) is 2.73. The third-order valence-corrected chi connectivity index (χ3v) is 2.24. The van der Waals surface area contributed by atoms with Gasteiger partial charge in [-0.1, -0.05) is 0 Å². The summed E-state index contributed by atoms with van der Waals surface area (Å²) < 4.78 is 24.7. The van der Waals surface area contributed by atoms with E-state index in [0.29, 0.717) is 6.54 Å². The molecule has 1 fully saturated rings. The van der Waals surface area contributed by atoms with Gasteiger partial charge >= 0.3 is 6.03 Å². The molecule has 76 valence electrons. The van der Waals surface area contributed by atoms with Gasteiger partial charge < -0.3 is 10.2 Å². The van der Waals surface area contributed by atoms with Gasteiger partial charge in [-0.2, -0.15) is 0 Å². The maximum absolute atomic E-state index is 12.4. The van der Waals surface area contributed by atoms with Crippen molar-refractivity contribution in [3.05, 3.63) is 0 Å². The molecule has 0 bridgehead atoms. The van der Waals surface area contributed by atoms with E-state index in [9.17, 15) is 13.6 Å². The molecule has 0 saturated heterocycles. The molecular formula is C8H14F2N2O. The van der Waals surface area contributed by atoms with E-state index in [2.05, 4.69) is 5.32 Å². The highest BCUT2D eigenvalue weighted by molar-refractivity contribution is 5.74. The van der Waals surface area contributed by atoms with Crippen LogP contribution in [0.2, 0.25) is 0 Å².